The molecule has 0 unspecified atom stereocenters. The van der Waals surface area contributed by atoms with Crippen LogP contribution in [0.2, 0.25) is 0 Å². The average molecular weight is 234 g/mol. The molecule has 0 radical (unpaired) electrons. The lowest BCUT2D eigenvalue weighted by Crippen LogP contribution is -2.17. The molecule has 0 aliphatic heterocycles. The predicted molar refractivity (Wildman–Crippen MR) is 66.3 cm³/mol. The number of hydrogen-bond donors (Lipinski definition) is 0. The van der Waals surface area contributed by atoms with Crippen LogP contribution < -0.4 is 0 Å². The largest absolute Gasteiger partial charge is 0.482 e. The highest BCUT2D eigenvalue weighted by atomic mass is 16.6. The molecular formula is C14H18O3. The highest BCUT2D eigenvalue weighted by Crippen LogP contribution is 2.19. The summed E-state index contributed by atoms with van der Waals surface area (Å²) < 4.78 is 10.3. The first kappa shape index (κ1) is 13.3. The number of hydrogen-bond acceptors (Lipinski definition) is 3. The average Bonchev–Trinajstić information content (AvgIpc) is 2.37. The summed E-state index contributed by atoms with van der Waals surface area (Å²) in [4.78, 5) is 11.8. The van der Waals surface area contributed by atoms with E-state index in [-0.39, 0.29) is 5.97 Å². The van der Waals surface area contributed by atoms with Gasteiger partial charge < -0.3 is 9.47 Å². The summed E-state index contributed by atoms with van der Waals surface area (Å²) >= 11 is 0. The minimum atomic E-state index is -0.717. The number of carbonyl (C=O) groups excluding carboxylic acids is 1. The Labute approximate surface area is 102 Å². The molecule has 0 aromatic heterocycles. The van der Waals surface area contributed by atoms with E-state index in [0.29, 0.717) is 6.61 Å². The fourth-order valence-electron chi connectivity index (χ4n) is 1.39. The van der Waals surface area contributed by atoms with Crippen LogP contribution in [0.4, 0.5) is 0 Å². The standard InChI is InChI=1S/C14H18O3/c1-3-5-11-17-14(15)13(16-4-2)12-9-7-6-8-10-12/h4,6-10,13H,2-3,5,11H2,1H3/t13-/m1/s1. The molecule has 3 heteroatoms. The number of benzene rings is 1. The van der Waals surface area contributed by atoms with E-state index in [2.05, 4.69) is 6.58 Å². The Hall–Kier alpha value is -1.77. The van der Waals surface area contributed by atoms with Crippen LogP contribution in [-0.4, -0.2) is 12.6 Å². The van der Waals surface area contributed by atoms with Gasteiger partial charge in [0.15, 0.2) is 0 Å². The van der Waals surface area contributed by atoms with Gasteiger partial charge in [0.25, 0.3) is 0 Å². The van der Waals surface area contributed by atoms with Gasteiger partial charge in [0.1, 0.15) is 0 Å². The lowest BCUT2D eigenvalue weighted by Gasteiger charge is -2.15. The molecule has 1 aromatic rings. The fourth-order valence-corrected chi connectivity index (χ4v) is 1.39. The maximum atomic E-state index is 11.8. The highest BCUT2D eigenvalue weighted by Gasteiger charge is 2.22. The van der Waals surface area contributed by atoms with E-state index in [0.717, 1.165) is 18.4 Å². The highest BCUT2D eigenvalue weighted by molar-refractivity contribution is 5.76. The van der Waals surface area contributed by atoms with Crippen molar-refractivity contribution >= 4 is 5.97 Å². The van der Waals surface area contributed by atoms with Gasteiger partial charge >= 0.3 is 5.97 Å². The SMILES string of the molecule is C=CO[C@@H](C(=O)OCCCC)c1ccccc1. The topological polar surface area (TPSA) is 35.5 Å². The van der Waals surface area contributed by atoms with Crippen molar-refractivity contribution in [2.45, 2.75) is 25.9 Å². The van der Waals surface area contributed by atoms with E-state index in [4.69, 9.17) is 9.47 Å². The molecule has 0 aliphatic rings. The van der Waals surface area contributed by atoms with Gasteiger partial charge in [-0.3, -0.25) is 0 Å². The van der Waals surface area contributed by atoms with E-state index in [1.165, 1.54) is 6.26 Å². The van der Waals surface area contributed by atoms with Crippen LogP contribution in [0.1, 0.15) is 31.4 Å². The first-order valence-corrected chi connectivity index (χ1v) is 5.77. The molecule has 3 nitrogen and oxygen atoms in total. The van der Waals surface area contributed by atoms with Crippen molar-refractivity contribution in [2.75, 3.05) is 6.61 Å². The van der Waals surface area contributed by atoms with Crippen molar-refractivity contribution in [3.63, 3.8) is 0 Å². The van der Waals surface area contributed by atoms with Gasteiger partial charge in [-0.05, 0) is 6.42 Å². The molecule has 0 bridgehead atoms. The lowest BCUT2D eigenvalue weighted by atomic mass is 10.1. The third-order valence-electron chi connectivity index (χ3n) is 2.29. The molecule has 0 spiro atoms. The third kappa shape index (κ3) is 4.31. The lowest BCUT2D eigenvalue weighted by molar-refractivity contribution is -0.154. The first-order chi connectivity index (χ1) is 8.29. The van der Waals surface area contributed by atoms with Crippen molar-refractivity contribution < 1.29 is 14.3 Å². The van der Waals surface area contributed by atoms with E-state index < -0.39 is 6.10 Å². The van der Waals surface area contributed by atoms with E-state index >= 15 is 0 Å². The maximum Gasteiger partial charge on any atom is 0.352 e. The molecule has 0 aliphatic carbocycles. The smallest absolute Gasteiger partial charge is 0.352 e. The first-order valence-electron chi connectivity index (χ1n) is 5.77. The van der Waals surface area contributed by atoms with Gasteiger partial charge in [0.2, 0.25) is 6.10 Å². The van der Waals surface area contributed by atoms with Crippen LogP contribution >= 0.6 is 0 Å². The van der Waals surface area contributed by atoms with Crippen molar-refractivity contribution in [2.24, 2.45) is 0 Å². The molecule has 1 atom stereocenters. The van der Waals surface area contributed by atoms with Crippen LogP contribution in [0, 0.1) is 0 Å². The summed E-state index contributed by atoms with van der Waals surface area (Å²) in [5.74, 6) is -0.371. The molecule has 0 saturated heterocycles. The second-order valence-corrected chi connectivity index (χ2v) is 3.61. The number of rotatable bonds is 7. The second kappa shape index (κ2) is 7.49. The monoisotopic (exact) mass is 234 g/mol. The van der Waals surface area contributed by atoms with Gasteiger partial charge in [-0.1, -0.05) is 50.3 Å². The summed E-state index contributed by atoms with van der Waals surface area (Å²) in [7, 11) is 0. The molecule has 0 heterocycles. The number of unbranched alkanes of at least 4 members (excludes halogenated alkanes) is 1. The molecule has 0 N–H and O–H groups in total. The van der Waals surface area contributed by atoms with Crippen molar-refractivity contribution in [1.82, 2.24) is 0 Å². The van der Waals surface area contributed by atoms with Crippen molar-refractivity contribution in [1.29, 1.82) is 0 Å². The van der Waals surface area contributed by atoms with Crippen LogP contribution in [0.5, 0.6) is 0 Å². The molecule has 0 amide bonds. The molecule has 1 aromatic carbocycles. The van der Waals surface area contributed by atoms with E-state index in [1.54, 1.807) is 0 Å². The summed E-state index contributed by atoms with van der Waals surface area (Å²) in [6.45, 7) is 5.95. The molecular weight excluding hydrogens is 216 g/mol. The van der Waals surface area contributed by atoms with Gasteiger partial charge in [0, 0.05) is 5.56 Å². The van der Waals surface area contributed by atoms with Crippen molar-refractivity contribution in [3.8, 4) is 0 Å². The van der Waals surface area contributed by atoms with Crippen LogP contribution in [0.25, 0.3) is 0 Å². The summed E-state index contributed by atoms with van der Waals surface area (Å²) in [6.07, 6.45) is 2.40. The Morgan fingerprint density at radius 1 is 1.41 bits per heavy atom. The second-order valence-electron chi connectivity index (χ2n) is 3.61. The summed E-state index contributed by atoms with van der Waals surface area (Å²) in [6, 6.07) is 9.25. The predicted octanol–water partition coefficient (Wildman–Crippen LogP) is 3.23. The zero-order chi connectivity index (χ0) is 12.5. The summed E-state index contributed by atoms with van der Waals surface area (Å²) in [5.41, 5.74) is 0.772. The Morgan fingerprint density at radius 3 is 2.71 bits per heavy atom. The Balaban J connectivity index is 2.65. The van der Waals surface area contributed by atoms with Crippen LogP contribution in [0.15, 0.2) is 43.2 Å². The normalized spacial score (nSPS) is 11.6. The zero-order valence-corrected chi connectivity index (χ0v) is 10.1. The van der Waals surface area contributed by atoms with Gasteiger partial charge in [-0.25, -0.2) is 4.79 Å². The quantitative estimate of drug-likeness (QED) is 0.413. The van der Waals surface area contributed by atoms with Crippen LogP contribution in [-0.2, 0) is 14.3 Å². The zero-order valence-electron chi connectivity index (χ0n) is 10.1. The molecule has 0 saturated carbocycles. The number of ether oxygens (including phenoxy) is 2. The van der Waals surface area contributed by atoms with Crippen LogP contribution in [0.3, 0.4) is 0 Å². The fraction of sp³-hybridized carbons (Fsp3) is 0.357. The molecule has 92 valence electrons. The van der Waals surface area contributed by atoms with Gasteiger partial charge in [-0.2, -0.15) is 0 Å². The Bertz CT molecular complexity index is 346. The molecule has 1 rings (SSSR count). The maximum absolute atomic E-state index is 11.8. The van der Waals surface area contributed by atoms with Gasteiger partial charge in [-0.15, -0.1) is 0 Å². The Morgan fingerprint density at radius 2 is 2.12 bits per heavy atom. The molecule has 0 fully saturated rings. The van der Waals surface area contributed by atoms with Crippen molar-refractivity contribution in [3.05, 3.63) is 48.7 Å². The van der Waals surface area contributed by atoms with E-state index in [9.17, 15) is 4.79 Å². The Kier molecular flexibility index (Phi) is 5.86. The third-order valence-corrected chi connectivity index (χ3v) is 2.29. The molecule has 17 heavy (non-hydrogen) atoms. The number of carbonyl (C=O) groups is 1. The summed E-state index contributed by atoms with van der Waals surface area (Å²) in [5, 5.41) is 0. The van der Waals surface area contributed by atoms with Gasteiger partial charge in [0.05, 0.1) is 12.9 Å². The number of esters is 1. The minimum absolute atomic E-state index is 0.371. The minimum Gasteiger partial charge on any atom is -0.482 e. The van der Waals surface area contributed by atoms with E-state index in [1.807, 2.05) is 37.3 Å².